The number of hydrogen-bond acceptors (Lipinski definition) is 2. The Bertz CT molecular complexity index is 434. The molecule has 1 aliphatic carbocycles. The number of carboxylic acids is 1. The molecule has 0 bridgehead atoms. The van der Waals surface area contributed by atoms with Crippen LogP contribution < -0.4 is 5.32 Å². The van der Waals surface area contributed by atoms with E-state index in [1.165, 1.54) is 12.8 Å². The number of carbonyl (C=O) groups is 1. The first-order valence-corrected chi connectivity index (χ1v) is 6.66. The van der Waals surface area contributed by atoms with Crippen LogP contribution in [0.4, 0.5) is 5.69 Å². The van der Waals surface area contributed by atoms with Crippen molar-refractivity contribution in [2.45, 2.75) is 45.6 Å². The van der Waals surface area contributed by atoms with Crippen LogP contribution in [-0.4, -0.2) is 17.1 Å². The number of aromatic carboxylic acids is 1. The molecule has 0 saturated heterocycles. The number of rotatable bonds is 3. The molecule has 0 aliphatic heterocycles. The molecule has 0 atom stereocenters. The van der Waals surface area contributed by atoms with Crippen LogP contribution in [0.1, 0.15) is 48.5 Å². The number of anilines is 1. The molecule has 1 aromatic carbocycles. The van der Waals surface area contributed by atoms with Crippen molar-refractivity contribution in [1.82, 2.24) is 0 Å². The largest absolute Gasteiger partial charge is 0.478 e. The van der Waals surface area contributed by atoms with Crippen LogP contribution in [0.15, 0.2) is 18.2 Å². The van der Waals surface area contributed by atoms with Gasteiger partial charge in [0.05, 0.1) is 5.56 Å². The lowest BCUT2D eigenvalue weighted by molar-refractivity contribution is 0.0697. The summed E-state index contributed by atoms with van der Waals surface area (Å²) < 4.78 is 0. The molecule has 0 radical (unpaired) electrons. The first-order valence-electron chi connectivity index (χ1n) is 6.66. The van der Waals surface area contributed by atoms with Crippen molar-refractivity contribution in [2.24, 2.45) is 5.92 Å². The molecule has 1 saturated carbocycles. The predicted octanol–water partition coefficient (Wildman–Crippen LogP) is 3.68. The Balaban J connectivity index is 2.11. The molecule has 0 heterocycles. The van der Waals surface area contributed by atoms with Gasteiger partial charge in [-0.1, -0.05) is 18.6 Å². The SMILES string of the molecule is Cc1ccc(NC2CCC(C)CC2)c(C(=O)O)c1. The standard InChI is InChI=1S/C15H21NO2/c1-10-3-6-12(7-4-10)16-14-8-5-11(2)9-13(14)15(17)18/h5,8-10,12,16H,3-4,6-7H2,1-2H3,(H,17,18). The van der Waals surface area contributed by atoms with E-state index in [1.807, 2.05) is 19.1 Å². The minimum atomic E-state index is -0.856. The highest BCUT2D eigenvalue weighted by molar-refractivity contribution is 5.94. The fourth-order valence-electron chi connectivity index (χ4n) is 2.59. The van der Waals surface area contributed by atoms with Gasteiger partial charge in [-0.3, -0.25) is 0 Å². The quantitative estimate of drug-likeness (QED) is 0.856. The zero-order chi connectivity index (χ0) is 13.1. The van der Waals surface area contributed by atoms with E-state index in [-0.39, 0.29) is 0 Å². The van der Waals surface area contributed by atoms with Gasteiger partial charge in [0.25, 0.3) is 0 Å². The van der Waals surface area contributed by atoms with E-state index in [2.05, 4.69) is 12.2 Å². The fraction of sp³-hybridized carbons (Fsp3) is 0.533. The highest BCUT2D eigenvalue weighted by Crippen LogP contribution is 2.27. The summed E-state index contributed by atoms with van der Waals surface area (Å²) in [5.74, 6) is -0.0506. The van der Waals surface area contributed by atoms with Gasteiger partial charge in [-0.25, -0.2) is 4.79 Å². The number of benzene rings is 1. The maximum absolute atomic E-state index is 11.2. The maximum Gasteiger partial charge on any atom is 0.337 e. The van der Waals surface area contributed by atoms with Crippen LogP contribution in [-0.2, 0) is 0 Å². The molecule has 3 nitrogen and oxygen atoms in total. The van der Waals surface area contributed by atoms with Crippen molar-refractivity contribution in [2.75, 3.05) is 5.32 Å². The minimum Gasteiger partial charge on any atom is -0.478 e. The second-order valence-corrected chi connectivity index (χ2v) is 5.46. The Morgan fingerprint density at radius 1 is 1.28 bits per heavy atom. The topological polar surface area (TPSA) is 49.3 Å². The van der Waals surface area contributed by atoms with Crippen LogP contribution in [0.25, 0.3) is 0 Å². The molecule has 1 aliphatic rings. The Labute approximate surface area is 108 Å². The molecule has 1 fully saturated rings. The zero-order valence-electron chi connectivity index (χ0n) is 11.1. The lowest BCUT2D eigenvalue weighted by atomic mass is 9.87. The molecule has 1 aromatic rings. The van der Waals surface area contributed by atoms with Crippen molar-refractivity contribution < 1.29 is 9.90 Å². The minimum absolute atomic E-state index is 0.383. The third kappa shape index (κ3) is 3.03. The molecule has 0 unspecified atom stereocenters. The Morgan fingerprint density at radius 3 is 2.56 bits per heavy atom. The first kappa shape index (κ1) is 12.9. The number of nitrogens with one attached hydrogen (secondary N) is 1. The second kappa shape index (κ2) is 5.42. The molecule has 18 heavy (non-hydrogen) atoms. The molecule has 3 heteroatoms. The van der Waals surface area contributed by atoms with Gasteiger partial charge in [-0.05, 0) is 50.7 Å². The first-order chi connectivity index (χ1) is 8.56. The van der Waals surface area contributed by atoms with Gasteiger partial charge in [0.15, 0.2) is 0 Å². The van der Waals surface area contributed by atoms with Crippen LogP contribution in [0.5, 0.6) is 0 Å². The van der Waals surface area contributed by atoms with Crippen molar-refractivity contribution in [3.63, 3.8) is 0 Å². The van der Waals surface area contributed by atoms with E-state index < -0.39 is 5.97 Å². The Hall–Kier alpha value is -1.51. The van der Waals surface area contributed by atoms with Gasteiger partial charge in [-0.15, -0.1) is 0 Å². The Morgan fingerprint density at radius 2 is 1.94 bits per heavy atom. The average molecular weight is 247 g/mol. The molecule has 2 rings (SSSR count). The highest BCUT2D eigenvalue weighted by Gasteiger charge is 2.19. The zero-order valence-corrected chi connectivity index (χ0v) is 11.1. The molecule has 98 valence electrons. The normalized spacial score (nSPS) is 23.7. The van der Waals surface area contributed by atoms with Crippen molar-refractivity contribution in [1.29, 1.82) is 0 Å². The number of aryl methyl sites for hydroxylation is 1. The van der Waals surface area contributed by atoms with Crippen LogP contribution in [0.3, 0.4) is 0 Å². The van der Waals surface area contributed by atoms with Crippen LogP contribution in [0, 0.1) is 12.8 Å². The van der Waals surface area contributed by atoms with Gasteiger partial charge in [0, 0.05) is 11.7 Å². The molecule has 0 aromatic heterocycles. The highest BCUT2D eigenvalue weighted by atomic mass is 16.4. The van der Waals surface area contributed by atoms with Crippen molar-refractivity contribution >= 4 is 11.7 Å². The second-order valence-electron chi connectivity index (χ2n) is 5.46. The van der Waals surface area contributed by atoms with E-state index in [0.717, 1.165) is 30.0 Å². The van der Waals surface area contributed by atoms with E-state index in [4.69, 9.17) is 0 Å². The summed E-state index contributed by atoms with van der Waals surface area (Å²) in [7, 11) is 0. The number of carboxylic acid groups (broad SMARTS) is 1. The summed E-state index contributed by atoms with van der Waals surface area (Å²) in [6.45, 7) is 4.20. The molecular formula is C15H21NO2. The summed E-state index contributed by atoms with van der Waals surface area (Å²) in [6, 6.07) is 6.00. The lowest BCUT2D eigenvalue weighted by Crippen LogP contribution is -2.26. The van der Waals surface area contributed by atoms with Gasteiger partial charge in [0.1, 0.15) is 0 Å². The number of hydrogen-bond donors (Lipinski definition) is 2. The summed E-state index contributed by atoms with van der Waals surface area (Å²) in [5.41, 5.74) is 2.12. The monoisotopic (exact) mass is 247 g/mol. The van der Waals surface area contributed by atoms with E-state index in [0.29, 0.717) is 11.6 Å². The van der Waals surface area contributed by atoms with Crippen LogP contribution >= 0.6 is 0 Å². The Kier molecular flexibility index (Phi) is 3.90. The maximum atomic E-state index is 11.2. The fourth-order valence-corrected chi connectivity index (χ4v) is 2.59. The molecule has 0 amide bonds. The van der Waals surface area contributed by atoms with Crippen molar-refractivity contribution in [3.8, 4) is 0 Å². The summed E-state index contributed by atoms with van der Waals surface area (Å²) >= 11 is 0. The van der Waals surface area contributed by atoms with Crippen LogP contribution in [0.2, 0.25) is 0 Å². The van der Waals surface area contributed by atoms with Crippen molar-refractivity contribution in [3.05, 3.63) is 29.3 Å². The molecule has 2 N–H and O–H groups in total. The summed E-state index contributed by atoms with van der Waals surface area (Å²) in [4.78, 5) is 11.2. The summed E-state index contributed by atoms with van der Waals surface area (Å²) in [5, 5.41) is 12.6. The smallest absolute Gasteiger partial charge is 0.337 e. The molecular weight excluding hydrogens is 226 g/mol. The van der Waals surface area contributed by atoms with Gasteiger partial charge >= 0.3 is 5.97 Å². The third-order valence-electron chi connectivity index (χ3n) is 3.78. The average Bonchev–Trinajstić information content (AvgIpc) is 2.34. The third-order valence-corrected chi connectivity index (χ3v) is 3.78. The lowest BCUT2D eigenvalue weighted by Gasteiger charge is -2.28. The molecule has 0 spiro atoms. The van der Waals surface area contributed by atoms with Gasteiger partial charge in [0.2, 0.25) is 0 Å². The van der Waals surface area contributed by atoms with E-state index >= 15 is 0 Å². The summed E-state index contributed by atoms with van der Waals surface area (Å²) in [6.07, 6.45) is 4.72. The van der Waals surface area contributed by atoms with Gasteiger partial charge in [-0.2, -0.15) is 0 Å². The van der Waals surface area contributed by atoms with E-state index in [9.17, 15) is 9.90 Å². The van der Waals surface area contributed by atoms with E-state index in [1.54, 1.807) is 6.07 Å². The van der Waals surface area contributed by atoms with Gasteiger partial charge < -0.3 is 10.4 Å². The predicted molar refractivity (Wildman–Crippen MR) is 73.2 cm³/mol.